The van der Waals surface area contributed by atoms with Crippen molar-refractivity contribution in [1.29, 1.82) is 0 Å². The van der Waals surface area contributed by atoms with Gasteiger partial charge in [0.15, 0.2) is 21.4 Å². The smallest absolute Gasteiger partial charge is 0.491 e. The highest BCUT2D eigenvalue weighted by Crippen LogP contribution is 2.44. The third-order valence-corrected chi connectivity index (χ3v) is 10.7. The highest BCUT2D eigenvalue weighted by atomic mass is 32.2. The number of aromatic nitrogens is 1. The lowest BCUT2D eigenvalue weighted by molar-refractivity contribution is -0.203. The van der Waals surface area contributed by atoms with Gasteiger partial charge in [-0.25, -0.2) is 23.4 Å². The minimum absolute atomic E-state index is 0.0781. The van der Waals surface area contributed by atoms with E-state index < -0.39 is 62.9 Å². The van der Waals surface area contributed by atoms with Crippen LogP contribution in [0, 0.1) is 11.7 Å². The van der Waals surface area contributed by atoms with Gasteiger partial charge in [-0.05, 0) is 73.2 Å². The second-order valence-corrected chi connectivity index (χ2v) is 14.3. The summed E-state index contributed by atoms with van der Waals surface area (Å²) in [6, 6.07) is 12.8. The lowest BCUT2D eigenvalue weighted by Gasteiger charge is -2.36. The number of nitrogens with zero attached hydrogens (tertiary/aromatic N) is 3. The molecule has 0 radical (unpaired) electrons. The summed E-state index contributed by atoms with van der Waals surface area (Å²) in [5.74, 6) is -1.08. The lowest BCUT2D eigenvalue weighted by atomic mass is 9.93. The number of likely N-dealkylation sites (tertiary alicyclic amines) is 1. The molecule has 16 heteroatoms. The van der Waals surface area contributed by atoms with Crippen LogP contribution in [0.1, 0.15) is 43.5 Å². The van der Waals surface area contributed by atoms with Gasteiger partial charge >= 0.3 is 18.1 Å². The number of hydrazine groups is 1. The van der Waals surface area contributed by atoms with Gasteiger partial charge < -0.3 is 14.4 Å². The number of hydrogen-bond acceptors (Lipinski definition) is 10. The number of amides is 1. The predicted octanol–water partition coefficient (Wildman–Crippen LogP) is 5.21. The molecule has 1 amide bonds. The van der Waals surface area contributed by atoms with Crippen molar-refractivity contribution in [2.45, 2.75) is 48.7 Å². The molecule has 3 aromatic carbocycles. The molecule has 0 bridgehead atoms. The highest BCUT2D eigenvalue weighted by Gasteiger charge is 2.50. The van der Waals surface area contributed by atoms with Crippen LogP contribution >= 0.6 is 0 Å². The molecule has 1 saturated heterocycles. The summed E-state index contributed by atoms with van der Waals surface area (Å²) in [5, 5.41) is 1.60. The fourth-order valence-electron chi connectivity index (χ4n) is 5.94. The lowest BCUT2D eigenvalue weighted by Crippen LogP contribution is -2.47. The Hall–Kier alpha value is -5.09. The Morgan fingerprint density at radius 2 is 1.74 bits per heavy atom. The number of carbonyl (C=O) groups excluding carboxylic acids is 3. The van der Waals surface area contributed by atoms with Crippen LogP contribution in [0.2, 0.25) is 0 Å². The van der Waals surface area contributed by atoms with Gasteiger partial charge in [-0.2, -0.15) is 13.2 Å². The number of ether oxygens (including phenoxy) is 2. The topological polar surface area (TPSA) is 149 Å². The van der Waals surface area contributed by atoms with Gasteiger partial charge in [-0.15, -0.1) is 0 Å². The second kappa shape index (κ2) is 14.0. The van der Waals surface area contributed by atoms with Crippen molar-refractivity contribution in [2.75, 3.05) is 18.7 Å². The van der Waals surface area contributed by atoms with Gasteiger partial charge in [0.2, 0.25) is 0 Å². The second-order valence-electron chi connectivity index (χ2n) is 11.8. The Morgan fingerprint density at radius 1 is 1.02 bits per heavy atom. The number of halogens is 4. The molecule has 1 aliphatic rings. The van der Waals surface area contributed by atoms with Crippen LogP contribution in [0.15, 0.2) is 84.0 Å². The normalized spacial score (nSPS) is 17.1. The molecule has 2 N–H and O–H groups in total. The molecular formula is C34H32F4N4O7S. The zero-order valence-electron chi connectivity index (χ0n) is 26.9. The number of fused-ring (bicyclic) bond motifs is 1. The fraction of sp³-hybridized carbons (Fsp3) is 0.294. The molecule has 0 aliphatic carbocycles. The zero-order valence-corrected chi connectivity index (χ0v) is 27.7. The molecule has 3 atom stereocenters. The summed E-state index contributed by atoms with van der Waals surface area (Å²) in [4.78, 5) is 44.7. The van der Waals surface area contributed by atoms with Gasteiger partial charge in [0, 0.05) is 24.3 Å². The van der Waals surface area contributed by atoms with Crippen LogP contribution in [0.4, 0.5) is 23.2 Å². The minimum Gasteiger partial charge on any atom is -0.494 e. The third-order valence-electron chi connectivity index (χ3n) is 8.50. The van der Waals surface area contributed by atoms with E-state index in [4.69, 9.17) is 10.6 Å². The standard InChI is InChI=1S/C34H32F4N4O7S/c1-19(2)50(46,47)28-7-5-4-6-24(28)30-25(32(44)49-33(45)34(36,37)38)13-15-41(30)31(43)29(21-9-11-26(35)27(17-21)48-3)42(39)23-10-8-22-18-40-14-12-20(22)16-23/h4-12,14,16-19,25,29-30H,13,15,39H2,1-3H3/t25?,29-,30?/m1/s1. The average molecular weight is 717 g/mol. The highest BCUT2D eigenvalue weighted by molar-refractivity contribution is 7.92. The van der Waals surface area contributed by atoms with Crippen LogP contribution < -0.4 is 15.6 Å². The van der Waals surface area contributed by atoms with Gasteiger partial charge in [0.25, 0.3) is 5.91 Å². The average Bonchev–Trinajstić information content (AvgIpc) is 3.53. The molecule has 1 aromatic heterocycles. The van der Waals surface area contributed by atoms with Crippen LogP contribution in [-0.2, 0) is 29.0 Å². The number of anilines is 1. The number of pyridine rings is 1. The first-order chi connectivity index (χ1) is 23.6. The molecule has 0 spiro atoms. The SMILES string of the molecule is COc1cc([C@H](C(=O)N2CCC(C(=O)OC(=O)C(F)(F)F)C2c2ccccc2S(=O)(=O)C(C)C)N(N)c2ccc3cnccc3c2)ccc1F. The Kier molecular flexibility index (Phi) is 10.2. The number of carbonyl (C=O) groups is 3. The van der Waals surface area contributed by atoms with Crippen LogP contribution in [-0.4, -0.2) is 61.2 Å². The van der Waals surface area contributed by atoms with E-state index >= 15 is 0 Å². The van der Waals surface area contributed by atoms with Crippen molar-refractivity contribution in [1.82, 2.24) is 9.88 Å². The number of nitrogens with two attached hydrogens (primary N) is 1. The molecule has 264 valence electrons. The molecule has 11 nitrogen and oxygen atoms in total. The van der Waals surface area contributed by atoms with Crippen LogP contribution in [0.5, 0.6) is 5.75 Å². The first kappa shape index (κ1) is 36.2. The van der Waals surface area contributed by atoms with E-state index in [9.17, 15) is 40.4 Å². The van der Waals surface area contributed by atoms with E-state index in [2.05, 4.69) is 9.72 Å². The van der Waals surface area contributed by atoms with Crippen LogP contribution in [0.3, 0.4) is 0 Å². The number of benzene rings is 3. The van der Waals surface area contributed by atoms with Crippen molar-refractivity contribution in [3.05, 3.63) is 96.1 Å². The van der Waals surface area contributed by atoms with Gasteiger partial charge in [-0.1, -0.05) is 30.3 Å². The molecule has 5 rings (SSSR count). The van der Waals surface area contributed by atoms with Gasteiger partial charge in [0.1, 0.15) is 6.04 Å². The van der Waals surface area contributed by atoms with E-state index in [1.54, 1.807) is 36.7 Å². The third kappa shape index (κ3) is 6.98. The molecule has 0 saturated carbocycles. The van der Waals surface area contributed by atoms with Crippen LogP contribution in [0.25, 0.3) is 10.8 Å². The summed E-state index contributed by atoms with van der Waals surface area (Å²) < 4.78 is 90.4. The Balaban J connectivity index is 1.67. The quantitative estimate of drug-likeness (QED) is 0.0805. The van der Waals surface area contributed by atoms with E-state index in [0.29, 0.717) is 11.1 Å². The number of methoxy groups -OCH3 is 1. The monoisotopic (exact) mass is 716 g/mol. The van der Waals surface area contributed by atoms with E-state index in [0.717, 1.165) is 21.4 Å². The first-order valence-corrected chi connectivity index (χ1v) is 16.8. The summed E-state index contributed by atoms with van der Waals surface area (Å²) in [6.45, 7) is 2.55. The number of rotatable bonds is 9. The maximum Gasteiger partial charge on any atom is 0.491 e. The predicted molar refractivity (Wildman–Crippen MR) is 173 cm³/mol. The zero-order chi connectivity index (χ0) is 36.5. The van der Waals surface area contributed by atoms with E-state index in [1.807, 2.05) is 0 Å². The molecular weight excluding hydrogens is 684 g/mol. The number of esters is 2. The number of hydrogen-bond donors (Lipinski definition) is 1. The number of sulfone groups is 1. The van der Waals surface area contributed by atoms with Crippen molar-refractivity contribution >= 4 is 44.1 Å². The van der Waals surface area contributed by atoms with E-state index in [-0.39, 0.29) is 34.7 Å². The first-order valence-electron chi connectivity index (χ1n) is 15.2. The maximum atomic E-state index is 14.8. The van der Waals surface area contributed by atoms with Crippen molar-refractivity contribution in [3.63, 3.8) is 0 Å². The molecule has 2 heterocycles. The molecule has 2 unspecified atom stereocenters. The van der Waals surface area contributed by atoms with Gasteiger partial charge in [-0.3, -0.25) is 19.6 Å². The Bertz CT molecular complexity index is 2060. The Morgan fingerprint density at radius 3 is 2.42 bits per heavy atom. The van der Waals surface area contributed by atoms with Crippen molar-refractivity contribution in [3.8, 4) is 5.75 Å². The maximum absolute atomic E-state index is 14.8. The summed E-state index contributed by atoms with van der Waals surface area (Å²) >= 11 is 0. The minimum atomic E-state index is -5.50. The molecule has 1 fully saturated rings. The summed E-state index contributed by atoms with van der Waals surface area (Å²) in [6.07, 6.45) is -2.63. The molecule has 1 aliphatic heterocycles. The number of alkyl halides is 3. The summed E-state index contributed by atoms with van der Waals surface area (Å²) in [5.41, 5.74) is 0.368. The Labute approximate surface area is 284 Å². The van der Waals surface area contributed by atoms with Crippen molar-refractivity contribution < 1.29 is 49.8 Å². The van der Waals surface area contributed by atoms with E-state index in [1.165, 1.54) is 57.4 Å². The molecule has 50 heavy (non-hydrogen) atoms. The van der Waals surface area contributed by atoms with Gasteiger partial charge in [0.05, 0.1) is 34.9 Å². The molecule has 4 aromatic rings. The summed E-state index contributed by atoms with van der Waals surface area (Å²) in [7, 11) is -2.87. The van der Waals surface area contributed by atoms with Crippen molar-refractivity contribution in [2.24, 2.45) is 11.8 Å². The fourth-order valence-corrected chi connectivity index (χ4v) is 7.23. The largest absolute Gasteiger partial charge is 0.494 e.